The van der Waals surface area contributed by atoms with Crippen molar-refractivity contribution in [2.75, 3.05) is 12.3 Å². The molecule has 0 heterocycles. The van der Waals surface area contributed by atoms with Crippen LogP contribution in [0.5, 0.6) is 5.75 Å². The fourth-order valence-corrected chi connectivity index (χ4v) is 1.69. The van der Waals surface area contributed by atoms with E-state index in [1.54, 1.807) is 18.2 Å². The van der Waals surface area contributed by atoms with Gasteiger partial charge in [-0.05, 0) is 32.4 Å². The molecule has 0 saturated carbocycles. The van der Waals surface area contributed by atoms with Crippen LogP contribution in [0.15, 0.2) is 18.2 Å². The maximum absolute atomic E-state index is 11.9. The minimum absolute atomic E-state index is 0.164. The molecular weight excluding hydrogens is 240 g/mol. The van der Waals surface area contributed by atoms with Crippen LogP contribution in [0.4, 0.5) is 5.69 Å². The Morgan fingerprint density at radius 1 is 1.47 bits per heavy atom. The van der Waals surface area contributed by atoms with Crippen LogP contribution in [0.1, 0.15) is 39.2 Å². The number of nitrogens with two attached hydrogens (primary N) is 1. The van der Waals surface area contributed by atoms with Gasteiger partial charge in [0.05, 0.1) is 11.1 Å². The second-order valence-corrected chi connectivity index (χ2v) is 5.18. The van der Waals surface area contributed by atoms with E-state index in [4.69, 9.17) is 15.7 Å². The van der Waals surface area contributed by atoms with Crippen LogP contribution in [0.25, 0.3) is 0 Å². The Labute approximate surface area is 114 Å². The van der Waals surface area contributed by atoms with Crippen molar-refractivity contribution < 1.29 is 9.53 Å². The SMILES string of the molecule is CCCC(=O)C(C)(C)COc1cccc(N)c1C#N. The van der Waals surface area contributed by atoms with Crippen molar-refractivity contribution in [1.29, 1.82) is 5.26 Å². The highest BCUT2D eigenvalue weighted by Crippen LogP contribution is 2.26. The molecule has 4 heteroatoms. The lowest BCUT2D eigenvalue weighted by Gasteiger charge is -2.23. The largest absolute Gasteiger partial charge is 0.491 e. The second-order valence-electron chi connectivity index (χ2n) is 5.18. The molecule has 0 aliphatic carbocycles. The van der Waals surface area contributed by atoms with Gasteiger partial charge in [0, 0.05) is 6.42 Å². The Morgan fingerprint density at radius 2 is 2.16 bits per heavy atom. The average molecular weight is 260 g/mol. The van der Waals surface area contributed by atoms with Gasteiger partial charge in [-0.1, -0.05) is 13.0 Å². The molecule has 1 aromatic rings. The molecule has 0 atom stereocenters. The molecule has 0 aliphatic heterocycles. The first-order valence-electron chi connectivity index (χ1n) is 6.37. The molecule has 1 rings (SSSR count). The van der Waals surface area contributed by atoms with Crippen molar-refractivity contribution in [3.63, 3.8) is 0 Å². The quantitative estimate of drug-likeness (QED) is 0.798. The van der Waals surface area contributed by atoms with E-state index in [2.05, 4.69) is 0 Å². The monoisotopic (exact) mass is 260 g/mol. The summed E-state index contributed by atoms with van der Waals surface area (Å²) >= 11 is 0. The number of rotatable bonds is 6. The number of carbonyl (C=O) groups excluding carboxylic acids is 1. The third-order valence-electron chi connectivity index (χ3n) is 2.99. The lowest BCUT2D eigenvalue weighted by Crippen LogP contribution is -2.31. The number of ether oxygens (including phenoxy) is 1. The number of carbonyl (C=O) groups is 1. The number of Topliss-reactive ketones (excluding diaryl/α,β-unsaturated/α-hetero) is 1. The van der Waals surface area contributed by atoms with E-state index < -0.39 is 5.41 Å². The van der Waals surface area contributed by atoms with Crippen LogP contribution in [0.2, 0.25) is 0 Å². The maximum Gasteiger partial charge on any atom is 0.141 e. The van der Waals surface area contributed by atoms with Crippen LogP contribution < -0.4 is 10.5 Å². The number of hydrogen-bond donors (Lipinski definition) is 1. The number of nitrogen functional groups attached to an aromatic ring is 1. The molecular formula is C15H20N2O2. The van der Waals surface area contributed by atoms with Gasteiger partial charge in [-0.2, -0.15) is 5.26 Å². The van der Waals surface area contributed by atoms with Gasteiger partial charge in [-0.3, -0.25) is 4.79 Å². The van der Waals surface area contributed by atoms with Crippen molar-refractivity contribution in [2.24, 2.45) is 5.41 Å². The predicted octanol–water partition coefficient (Wildman–Crippen LogP) is 2.91. The summed E-state index contributed by atoms with van der Waals surface area (Å²) in [5, 5.41) is 9.05. The number of ketones is 1. The van der Waals surface area contributed by atoms with Crippen LogP contribution in [0, 0.1) is 16.7 Å². The highest BCUT2D eigenvalue weighted by atomic mass is 16.5. The zero-order chi connectivity index (χ0) is 14.5. The summed E-state index contributed by atoms with van der Waals surface area (Å²) in [4.78, 5) is 11.9. The van der Waals surface area contributed by atoms with Gasteiger partial charge in [0.1, 0.15) is 29.8 Å². The van der Waals surface area contributed by atoms with E-state index in [0.29, 0.717) is 23.4 Å². The molecule has 0 aromatic heterocycles. The van der Waals surface area contributed by atoms with Crippen molar-refractivity contribution in [3.8, 4) is 11.8 Å². The van der Waals surface area contributed by atoms with Gasteiger partial charge in [0.15, 0.2) is 0 Å². The Kier molecular flexibility index (Phi) is 4.94. The molecule has 0 saturated heterocycles. The summed E-state index contributed by atoms with van der Waals surface area (Å²) in [6.45, 7) is 5.91. The summed E-state index contributed by atoms with van der Waals surface area (Å²) < 4.78 is 5.62. The zero-order valence-electron chi connectivity index (χ0n) is 11.7. The smallest absolute Gasteiger partial charge is 0.141 e. The standard InChI is InChI=1S/C15H20N2O2/c1-4-6-14(18)15(2,3)10-19-13-8-5-7-12(17)11(13)9-16/h5,7-8H,4,6,10,17H2,1-3H3. The Bertz CT molecular complexity index is 501. The summed E-state index contributed by atoms with van der Waals surface area (Å²) in [7, 11) is 0. The number of hydrogen-bond acceptors (Lipinski definition) is 4. The zero-order valence-corrected chi connectivity index (χ0v) is 11.7. The normalized spacial score (nSPS) is 10.8. The summed E-state index contributed by atoms with van der Waals surface area (Å²) in [5.41, 5.74) is 5.85. The highest BCUT2D eigenvalue weighted by molar-refractivity contribution is 5.84. The molecule has 0 unspecified atom stereocenters. The number of anilines is 1. The van der Waals surface area contributed by atoms with Gasteiger partial charge < -0.3 is 10.5 Å². The average Bonchev–Trinajstić information content (AvgIpc) is 2.36. The van der Waals surface area contributed by atoms with E-state index in [-0.39, 0.29) is 12.4 Å². The van der Waals surface area contributed by atoms with Gasteiger partial charge in [-0.15, -0.1) is 0 Å². The van der Waals surface area contributed by atoms with Gasteiger partial charge in [0.25, 0.3) is 0 Å². The molecule has 0 amide bonds. The lowest BCUT2D eigenvalue weighted by molar-refractivity contribution is -0.128. The molecule has 0 spiro atoms. The van der Waals surface area contributed by atoms with Crippen LogP contribution in [0.3, 0.4) is 0 Å². The Hall–Kier alpha value is -2.02. The van der Waals surface area contributed by atoms with Crippen molar-refractivity contribution >= 4 is 11.5 Å². The van der Waals surface area contributed by atoms with Crippen molar-refractivity contribution in [3.05, 3.63) is 23.8 Å². The number of nitriles is 1. The van der Waals surface area contributed by atoms with E-state index >= 15 is 0 Å². The number of nitrogens with zero attached hydrogens (tertiary/aromatic N) is 1. The molecule has 0 bridgehead atoms. The topological polar surface area (TPSA) is 76.1 Å². The summed E-state index contributed by atoms with van der Waals surface area (Å²) in [5.74, 6) is 0.595. The Morgan fingerprint density at radius 3 is 2.74 bits per heavy atom. The van der Waals surface area contributed by atoms with E-state index in [0.717, 1.165) is 6.42 Å². The first-order chi connectivity index (χ1) is 8.92. The molecule has 0 radical (unpaired) electrons. The van der Waals surface area contributed by atoms with E-state index in [1.807, 2.05) is 26.8 Å². The van der Waals surface area contributed by atoms with Gasteiger partial charge >= 0.3 is 0 Å². The maximum atomic E-state index is 11.9. The van der Waals surface area contributed by atoms with E-state index in [1.165, 1.54) is 0 Å². The minimum Gasteiger partial charge on any atom is -0.491 e. The van der Waals surface area contributed by atoms with Crippen LogP contribution >= 0.6 is 0 Å². The molecule has 0 fully saturated rings. The van der Waals surface area contributed by atoms with Crippen molar-refractivity contribution in [2.45, 2.75) is 33.6 Å². The second kappa shape index (κ2) is 6.24. The molecule has 102 valence electrons. The van der Waals surface area contributed by atoms with E-state index in [9.17, 15) is 4.79 Å². The lowest BCUT2D eigenvalue weighted by atomic mass is 9.87. The molecule has 2 N–H and O–H groups in total. The third-order valence-corrected chi connectivity index (χ3v) is 2.99. The van der Waals surface area contributed by atoms with Crippen molar-refractivity contribution in [1.82, 2.24) is 0 Å². The van der Waals surface area contributed by atoms with Gasteiger partial charge in [0.2, 0.25) is 0 Å². The van der Waals surface area contributed by atoms with Crippen LogP contribution in [-0.2, 0) is 4.79 Å². The summed E-state index contributed by atoms with van der Waals surface area (Å²) in [6, 6.07) is 7.09. The Balaban J connectivity index is 2.80. The fourth-order valence-electron chi connectivity index (χ4n) is 1.69. The molecule has 19 heavy (non-hydrogen) atoms. The summed E-state index contributed by atoms with van der Waals surface area (Å²) in [6.07, 6.45) is 1.36. The predicted molar refractivity (Wildman–Crippen MR) is 74.8 cm³/mol. The molecule has 4 nitrogen and oxygen atoms in total. The minimum atomic E-state index is -0.562. The molecule has 0 aliphatic rings. The highest BCUT2D eigenvalue weighted by Gasteiger charge is 2.27. The van der Waals surface area contributed by atoms with Crippen LogP contribution in [-0.4, -0.2) is 12.4 Å². The van der Waals surface area contributed by atoms with Gasteiger partial charge in [-0.25, -0.2) is 0 Å². The number of benzene rings is 1. The first kappa shape index (κ1) is 15.0. The first-order valence-corrected chi connectivity index (χ1v) is 6.37. The fraction of sp³-hybridized carbons (Fsp3) is 0.467. The molecule has 1 aromatic carbocycles. The third kappa shape index (κ3) is 3.72.